The zero-order chi connectivity index (χ0) is 19.6. The Hall–Kier alpha value is -3.09. The van der Waals surface area contributed by atoms with Crippen LogP contribution < -0.4 is 10.5 Å². The van der Waals surface area contributed by atoms with Gasteiger partial charge in [-0.1, -0.05) is 30.3 Å². The molecular weight excluding hydrogens is 351 g/mol. The molecule has 0 aromatic heterocycles. The van der Waals surface area contributed by atoms with Crippen molar-refractivity contribution < 1.29 is 23.8 Å². The molecule has 7 heteroatoms. The van der Waals surface area contributed by atoms with Gasteiger partial charge in [-0.3, -0.25) is 9.69 Å². The molecule has 142 valence electrons. The van der Waals surface area contributed by atoms with Crippen molar-refractivity contribution in [3.8, 4) is 5.75 Å². The predicted octanol–water partition coefficient (Wildman–Crippen LogP) is 3.46. The lowest BCUT2D eigenvalue weighted by molar-refractivity contribution is -0.127. The molecule has 2 atom stereocenters. The Bertz CT molecular complexity index is 855. The number of ether oxygens (including phenoxy) is 1. The van der Waals surface area contributed by atoms with Crippen LogP contribution >= 0.6 is 0 Å². The quantitative estimate of drug-likeness (QED) is 0.841. The standard InChI is InChI=1S/C20H21FN2O4/c1-20(18(22)24)11-10-17(23(20)19(25)26)13-6-8-15(9-7-13)27-12-14-4-2-3-5-16(14)21/h2-9,17H,10-12H2,1H3,(H2,22,24)(H,25,26)/t17-,20+/m1/s1. The van der Waals surface area contributed by atoms with E-state index in [9.17, 15) is 19.1 Å². The van der Waals surface area contributed by atoms with E-state index in [1.165, 1.54) is 6.07 Å². The third-order valence-electron chi connectivity index (χ3n) is 5.10. The minimum atomic E-state index is -1.23. The van der Waals surface area contributed by atoms with Gasteiger partial charge in [-0.15, -0.1) is 0 Å². The Balaban J connectivity index is 1.74. The summed E-state index contributed by atoms with van der Waals surface area (Å²) in [6.45, 7) is 1.64. The Kier molecular flexibility index (Phi) is 5.03. The molecule has 2 amide bonds. The van der Waals surface area contributed by atoms with E-state index < -0.39 is 23.6 Å². The summed E-state index contributed by atoms with van der Waals surface area (Å²) in [6.07, 6.45) is -0.315. The molecule has 0 unspecified atom stereocenters. The number of carboxylic acid groups (broad SMARTS) is 1. The fraction of sp³-hybridized carbons (Fsp3) is 0.300. The minimum absolute atomic E-state index is 0.0937. The average molecular weight is 372 g/mol. The summed E-state index contributed by atoms with van der Waals surface area (Å²) in [6, 6.07) is 12.8. The molecule has 0 aliphatic carbocycles. The second kappa shape index (κ2) is 7.26. The van der Waals surface area contributed by atoms with Crippen LogP contribution in [0.3, 0.4) is 0 Å². The van der Waals surface area contributed by atoms with Crippen molar-refractivity contribution in [2.24, 2.45) is 5.73 Å². The molecule has 1 saturated heterocycles. The van der Waals surface area contributed by atoms with Crippen molar-refractivity contribution in [1.29, 1.82) is 0 Å². The van der Waals surface area contributed by atoms with Gasteiger partial charge in [-0.2, -0.15) is 0 Å². The first-order chi connectivity index (χ1) is 12.8. The van der Waals surface area contributed by atoms with E-state index in [4.69, 9.17) is 10.5 Å². The maximum absolute atomic E-state index is 13.6. The fourth-order valence-electron chi connectivity index (χ4n) is 3.48. The van der Waals surface area contributed by atoms with Crippen LogP contribution in [-0.4, -0.2) is 27.5 Å². The SMILES string of the molecule is C[C@@]1(C(N)=O)CC[C@H](c2ccc(OCc3ccccc3F)cc2)N1C(=O)O. The molecule has 1 heterocycles. The number of nitrogens with zero attached hydrogens (tertiary/aromatic N) is 1. The van der Waals surface area contributed by atoms with Crippen LogP contribution in [-0.2, 0) is 11.4 Å². The van der Waals surface area contributed by atoms with Gasteiger partial charge in [0, 0.05) is 5.56 Å². The predicted molar refractivity (Wildman–Crippen MR) is 96.6 cm³/mol. The Morgan fingerprint density at radius 2 is 1.93 bits per heavy atom. The smallest absolute Gasteiger partial charge is 0.408 e. The Morgan fingerprint density at radius 3 is 2.52 bits per heavy atom. The van der Waals surface area contributed by atoms with Gasteiger partial charge in [0.25, 0.3) is 0 Å². The number of hydrogen-bond acceptors (Lipinski definition) is 3. The summed E-state index contributed by atoms with van der Waals surface area (Å²) in [5.74, 6) is -0.445. The summed E-state index contributed by atoms with van der Waals surface area (Å²) >= 11 is 0. The first-order valence-electron chi connectivity index (χ1n) is 8.61. The average Bonchev–Trinajstić information content (AvgIpc) is 3.01. The van der Waals surface area contributed by atoms with Crippen molar-refractivity contribution >= 4 is 12.0 Å². The number of amides is 2. The van der Waals surface area contributed by atoms with Crippen LogP contribution in [0.25, 0.3) is 0 Å². The highest BCUT2D eigenvalue weighted by atomic mass is 19.1. The molecule has 0 saturated carbocycles. The van der Waals surface area contributed by atoms with Crippen LogP contribution in [0.15, 0.2) is 48.5 Å². The number of benzene rings is 2. The van der Waals surface area contributed by atoms with Gasteiger partial charge in [0.15, 0.2) is 0 Å². The second-order valence-corrected chi connectivity index (χ2v) is 6.79. The van der Waals surface area contributed by atoms with Crippen LogP contribution in [0.5, 0.6) is 5.75 Å². The van der Waals surface area contributed by atoms with Crippen molar-refractivity contribution in [3.63, 3.8) is 0 Å². The summed E-state index contributed by atoms with van der Waals surface area (Å²) < 4.78 is 19.2. The second-order valence-electron chi connectivity index (χ2n) is 6.79. The minimum Gasteiger partial charge on any atom is -0.489 e. The van der Waals surface area contributed by atoms with E-state index >= 15 is 0 Å². The normalized spacial score (nSPS) is 21.9. The number of hydrogen-bond donors (Lipinski definition) is 2. The first kappa shape index (κ1) is 18.7. The van der Waals surface area contributed by atoms with E-state index in [0.29, 0.717) is 24.2 Å². The highest BCUT2D eigenvalue weighted by Crippen LogP contribution is 2.42. The monoisotopic (exact) mass is 372 g/mol. The number of carbonyl (C=O) groups excluding carboxylic acids is 1. The zero-order valence-corrected chi connectivity index (χ0v) is 14.9. The number of halogens is 1. The molecule has 1 aliphatic rings. The zero-order valence-electron chi connectivity index (χ0n) is 14.9. The third kappa shape index (κ3) is 3.58. The van der Waals surface area contributed by atoms with Gasteiger partial charge in [-0.25, -0.2) is 9.18 Å². The van der Waals surface area contributed by atoms with E-state index in [-0.39, 0.29) is 12.4 Å². The van der Waals surface area contributed by atoms with Crippen molar-refractivity contribution in [2.45, 2.75) is 38.0 Å². The maximum atomic E-state index is 13.6. The number of nitrogens with two attached hydrogens (primary N) is 1. The Morgan fingerprint density at radius 1 is 1.26 bits per heavy atom. The van der Waals surface area contributed by atoms with Crippen LogP contribution in [0.4, 0.5) is 9.18 Å². The number of primary amides is 1. The number of carbonyl (C=O) groups is 2. The molecule has 3 N–H and O–H groups in total. The van der Waals surface area contributed by atoms with Crippen LogP contribution in [0.2, 0.25) is 0 Å². The summed E-state index contributed by atoms with van der Waals surface area (Å²) in [5.41, 5.74) is 5.41. The van der Waals surface area contributed by atoms with Gasteiger partial charge in [0.1, 0.15) is 23.7 Å². The van der Waals surface area contributed by atoms with Crippen molar-refractivity contribution in [1.82, 2.24) is 4.90 Å². The molecule has 6 nitrogen and oxygen atoms in total. The van der Waals surface area contributed by atoms with E-state index in [1.807, 2.05) is 0 Å². The number of rotatable bonds is 5. The third-order valence-corrected chi connectivity index (χ3v) is 5.10. The first-order valence-corrected chi connectivity index (χ1v) is 8.61. The Labute approximate surface area is 156 Å². The molecular formula is C20H21FN2O4. The topological polar surface area (TPSA) is 92.9 Å². The van der Waals surface area contributed by atoms with Crippen molar-refractivity contribution in [2.75, 3.05) is 0 Å². The van der Waals surface area contributed by atoms with Crippen molar-refractivity contribution in [3.05, 3.63) is 65.5 Å². The van der Waals surface area contributed by atoms with Gasteiger partial charge in [-0.05, 0) is 43.5 Å². The lowest BCUT2D eigenvalue weighted by Crippen LogP contribution is -2.54. The van der Waals surface area contributed by atoms with Gasteiger partial charge in [0.2, 0.25) is 5.91 Å². The van der Waals surface area contributed by atoms with E-state index in [0.717, 1.165) is 10.5 Å². The van der Waals surface area contributed by atoms with Gasteiger partial charge < -0.3 is 15.6 Å². The molecule has 27 heavy (non-hydrogen) atoms. The van der Waals surface area contributed by atoms with E-state index in [1.54, 1.807) is 49.4 Å². The van der Waals surface area contributed by atoms with Crippen LogP contribution in [0.1, 0.15) is 36.9 Å². The maximum Gasteiger partial charge on any atom is 0.408 e. The highest BCUT2D eigenvalue weighted by Gasteiger charge is 2.50. The highest BCUT2D eigenvalue weighted by molar-refractivity contribution is 5.88. The molecule has 0 radical (unpaired) electrons. The lowest BCUT2D eigenvalue weighted by atomic mass is 9.98. The molecule has 1 aliphatic heterocycles. The fourth-order valence-corrected chi connectivity index (χ4v) is 3.48. The summed E-state index contributed by atoms with van der Waals surface area (Å²) in [7, 11) is 0. The summed E-state index contributed by atoms with van der Waals surface area (Å²) in [4.78, 5) is 24.6. The van der Waals surface area contributed by atoms with Gasteiger partial charge in [0.05, 0.1) is 6.04 Å². The molecule has 0 spiro atoms. The molecule has 2 aromatic carbocycles. The lowest BCUT2D eigenvalue weighted by Gasteiger charge is -2.33. The molecule has 2 aromatic rings. The number of likely N-dealkylation sites (tertiary alicyclic amines) is 1. The molecule has 0 bridgehead atoms. The summed E-state index contributed by atoms with van der Waals surface area (Å²) in [5, 5.41) is 9.58. The molecule has 3 rings (SSSR count). The van der Waals surface area contributed by atoms with Crippen LogP contribution in [0, 0.1) is 5.82 Å². The molecule has 1 fully saturated rings. The van der Waals surface area contributed by atoms with Gasteiger partial charge >= 0.3 is 6.09 Å². The largest absolute Gasteiger partial charge is 0.489 e. The van der Waals surface area contributed by atoms with E-state index in [2.05, 4.69) is 0 Å².